The first-order chi connectivity index (χ1) is 10.4. The van der Waals surface area contributed by atoms with E-state index in [4.69, 9.17) is 9.57 Å². The standard InChI is InChI=1S/C17H32N2O4/c1-15(2,3)22-14(21)19(17(7)11-9-8-10-12-17)18(13-20)23-16(4,5)6/h13H,8-12H2,1-7H3. The Morgan fingerprint density at radius 2 is 1.52 bits per heavy atom. The van der Waals surface area contributed by atoms with Crippen molar-refractivity contribution in [1.29, 1.82) is 0 Å². The normalized spacial score (nSPS) is 18.2. The van der Waals surface area contributed by atoms with E-state index in [-0.39, 0.29) is 0 Å². The molecule has 0 unspecified atom stereocenters. The van der Waals surface area contributed by atoms with Crippen molar-refractivity contribution in [3.8, 4) is 0 Å². The zero-order chi connectivity index (χ0) is 17.9. The number of amides is 2. The summed E-state index contributed by atoms with van der Waals surface area (Å²) in [5.74, 6) is 0. The maximum atomic E-state index is 12.8. The molecule has 23 heavy (non-hydrogen) atoms. The Labute approximate surface area is 140 Å². The van der Waals surface area contributed by atoms with Crippen LogP contribution in [-0.2, 0) is 14.4 Å². The minimum Gasteiger partial charge on any atom is -0.442 e. The number of ether oxygens (including phenoxy) is 1. The summed E-state index contributed by atoms with van der Waals surface area (Å²) in [6.45, 7) is 12.9. The van der Waals surface area contributed by atoms with Crippen LogP contribution in [0.2, 0.25) is 0 Å². The summed E-state index contributed by atoms with van der Waals surface area (Å²) in [6, 6.07) is 0. The van der Waals surface area contributed by atoms with Crippen molar-refractivity contribution in [2.45, 2.75) is 97.3 Å². The number of carbonyl (C=O) groups is 2. The summed E-state index contributed by atoms with van der Waals surface area (Å²) in [5.41, 5.74) is -1.74. The highest BCUT2D eigenvalue weighted by molar-refractivity contribution is 5.70. The molecule has 6 heteroatoms. The highest BCUT2D eigenvalue weighted by Crippen LogP contribution is 2.35. The molecule has 0 aliphatic heterocycles. The fourth-order valence-corrected chi connectivity index (χ4v) is 2.76. The second-order valence-electron chi connectivity index (χ2n) is 8.46. The molecular weight excluding hydrogens is 296 g/mol. The highest BCUT2D eigenvalue weighted by atomic mass is 16.7. The molecule has 0 radical (unpaired) electrons. The summed E-state index contributed by atoms with van der Waals surface area (Å²) in [7, 11) is 0. The second kappa shape index (κ2) is 7.07. The van der Waals surface area contributed by atoms with Crippen molar-refractivity contribution >= 4 is 12.5 Å². The number of hydrazine groups is 1. The van der Waals surface area contributed by atoms with Crippen LogP contribution in [0.1, 0.15) is 80.6 Å². The summed E-state index contributed by atoms with van der Waals surface area (Å²) < 4.78 is 5.52. The van der Waals surface area contributed by atoms with Gasteiger partial charge in [0.05, 0.1) is 11.1 Å². The minimum absolute atomic E-state index is 0.493. The van der Waals surface area contributed by atoms with Gasteiger partial charge in [0.2, 0.25) is 0 Å². The molecule has 0 heterocycles. The third kappa shape index (κ3) is 6.01. The molecule has 1 saturated carbocycles. The van der Waals surface area contributed by atoms with Crippen LogP contribution in [0, 0.1) is 0 Å². The first kappa shape index (κ1) is 19.7. The lowest BCUT2D eigenvalue weighted by Crippen LogP contribution is -2.61. The molecule has 1 aliphatic carbocycles. The average Bonchev–Trinajstić information content (AvgIpc) is 2.34. The number of nitrogens with zero attached hydrogens (tertiary/aromatic N) is 2. The van der Waals surface area contributed by atoms with Crippen molar-refractivity contribution < 1.29 is 19.2 Å². The van der Waals surface area contributed by atoms with Gasteiger partial charge < -0.3 is 4.74 Å². The van der Waals surface area contributed by atoms with Crippen molar-refractivity contribution in [2.24, 2.45) is 0 Å². The van der Waals surface area contributed by atoms with Crippen LogP contribution >= 0.6 is 0 Å². The number of hydroxylamine groups is 1. The van der Waals surface area contributed by atoms with E-state index in [1.807, 2.05) is 48.5 Å². The van der Waals surface area contributed by atoms with Crippen molar-refractivity contribution in [1.82, 2.24) is 10.2 Å². The molecule has 0 bridgehead atoms. The van der Waals surface area contributed by atoms with Crippen molar-refractivity contribution in [3.05, 3.63) is 0 Å². The summed E-state index contributed by atoms with van der Waals surface area (Å²) in [4.78, 5) is 30.1. The molecule has 0 saturated heterocycles. The maximum Gasteiger partial charge on any atom is 0.431 e. The molecule has 2 amide bonds. The van der Waals surface area contributed by atoms with E-state index >= 15 is 0 Å². The van der Waals surface area contributed by atoms with Gasteiger partial charge in [-0.15, -0.1) is 5.17 Å². The van der Waals surface area contributed by atoms with E-state index in [2.05, 4.69) is 0 Å². The summed E-state index contributed by atoms with van der Waals surface area (Å²) >= 11 is 0. The van der Waals surface area contributed by atoms with Gasteiger partial charge in [-0.3, -0.25) is 4.79 Å². The van der Waals surface area contributed by atoms with Crippen LogP contribution in [0.15, 0.2) is 0 Å². The monoisotopic (exact) mass is 328 g/mol. The topological polar surface area (TPSA) is 59.1 Å². The third-order valence-electron chi connectivity index (χ3n) is 3.66. The van der Waals surface area contributed by atoms with E-state index in [0.717, 1.165) is 37.3 Å². The van der Waals surface area contributed by atoms with Crippen LogP contribution in [0.25, 0.3) is 0 Å². The van der Waals surface area contributed by atoms with Gasteiger partial charge in [0.1, 0.15) is 5.60 Å². The van der Waals surface area contributed by atoms with Crippen LogP contribution < -0.4 is 0 Å². The molecule has 0 spiro atoms. The van der Waals surface area contributed by atoms with E-state index in [9.17, 15) is 9.59 Å². The zero-order valence-electron chi connectivity index (χ0n) is 15.6. The first-order valence-corrected chi connectivity index (χ1v) is 8.35. The largest absolute Gasteiger partial charge is 0.442 e. The van der Waals surface area contributed by atoms with Crippen molar-refractivity contribution in [2.75, 3.05) is 0 Å². The Bertz CT molecular complexity index is 417. The third-order valence-corrected chi connectivity index (χ3v) is 3.66. The highest BCUT2D eigenvalue weighted by Gasteiger charge is 2.43. The fraction of sp³-hybridized carbons (Fsp3) is 0.882. The molecule has 0 aromatic heterocycles. The molecule has 0 N–H and O–H groups in total. The SMILES string of the molecule is CC(C)(C)OC(=O)N(N(C=O)OC(C)(C)C)C1(C)CCCCC1. The fourth-order valence-electron chi connectivity index (χ4n) is 2.76. The Morgan fingerprint density at radius 3 is 1.91 bits per heavy atom. The van der Waals surface area contributed by atoms with Crippen molar-refractivity contribution in [3.63, 3.8) is 0 Å². The molecule has 0 aromatic rings. The van der Waals surface area contributed by atoms with Crippen LogP contribution in [-0.4, -0.2) is 39.4 Å². The summed E-state index contributed by atoms with van der Waals surface area (Å²) in [6.07, 6.45) is 4.76. The summed E-state index contributed by atoms with van der Waals surface area (Å²) in [5, 5.41) is 2.37. The van der Waals surface area contributed by atoms with E-state index in [1.165, 1.54) is 5.01 Å². The van der Waals surface area contributed by atoms with Crippen LogP contribution in [0.3, 0.4) is 0 Å². The van der Waals surface area contributed by atoms with Gasteiger partial charge in [0.25, 0.3) is 6.41 Å². The van der Waals surface area contributed by atoms with Gasteiger partial charge in [0, 0.05) is 0 Å². The lowest BCUT2D eigenvalue weighted by molar-refractivity contribution is -0.311. The predicted molar refractivity (Wildman–Crippen MR) is 88.3 cm³/mol. The van der Waals surface area contributed by atoms with E-state index in [0.29, 0.717) is 6.41 Å². The average molecular weight is 328 g/mol. The molecule has 0 aromatic carbocycles. The Morgan fingerprint density at radius 1 is 1.00 bits per heavy atom. The molecule has 134 valence electrons. The number of carbonyl (C=O) groups excluding carboxylic acids is 2. The number of hydrogen-bond donors (Lipinski definition) is 0. The zero-order valence-corrected chi connectivity index (χ0v) is 15.6. The molecule has 1 rings (SSSR count). The molecule has 1 fully saturated rings. The van der Waals surface area contributed by atoms with Gasteiger partial charge in [0.15, 0.2) is 0 Å². The van der Waals surface area contributed by atoms with Crippen LogP contribution in [0.4, 0.5) is 4.79 Å². The maximum absolute atomic E-state index is 12.8. The number of rotatable bonds is 4. The van der Waals surface area contributed by atoms with E-state index < -0.39 is 22.8 Å². The van der Waals surface area contributed by atoms with Gasteiger partial charge in [-0.05, 0) is 61.3 Å². The van der Waals surface area contributed by atoms with Crippen LogP contribution in [0.5, 0.6) is 0 Å². The second-order valence-corrected chi connectivity index (χ2v) is 8.46. The molecular formula is C17H32N2O4. The smallest absolute Gasteiger partial charge is 0.431 e. The quantitative estimate of drug-likeness (QED) is 0.577. The number of hydrogen-bond acceptors (Lipinski definition) is 4. The van der Waals surface area contributed by atoms with Gasteiger partial charge in [-0.2, -0.15) is 5.01 Å². The predicted octanol–water partition coefficient (Wildman–Crippen LogP) is 4.05. The first-order valence-electron chi connectivity index (χ1n) is 8.35. The molecule has 0 atom stereocenters. The van der Waals surface area contributed by atoms with Gasteiger partial charge >= 0.3 is 6.09 Å². The Kier molecular flexibility index (Phi) is 6.07. The Balaban J connectivity index is 3.13. The van der Waals surface area contributed by atoms with E-state index in [1.54, 1.807) is 0 Å². The van der Waals surface area contributed by atoms with Gasteiger partial charge in [-0.25, -0.2) is 9.63 Å². The molecule has 6 nitrogen and oxygen atoms in total. The molecule has 1 aliphatic rings. The lowest BCUT2D eigenvalue weighted by atomic mass is 9.83. The minimum atomic E-state index is -0.642. The lowest BCUT2D eigenvalue weighted by Gasteiger charge is -2.47. The van der Waals surface area contributed by atoms with Gasteiger partial charge in [-0.1, -0.05) is 19.3 Å². The Hall–Kier alpha value is -1.30.